The van der Waals surface area contributed by atoms with Crippen LogP contribution in [0, 0.1) is 0 Å². The Morgan fingerprint density at radius 1 is 1.04 bits per heavy atom. The lowest BCUT2D eigenvalue weighted by molar-refractivity contribution is -0.117. The molecule has 5 heteroatoms. The van der Waals surface area contributed by atoms with Gasteiger partial charge in [-0.1, -0.05) is 44.0 Å². The van der Waals surface area contributed by atoms with Gasteiger partial charge in [0.05, 0.1) is 0 Å². The van der Waals surface area contributed by atoms with Gasteiger partial charge in [-0.15, -0.1) is 0 Å². The first-order chi connectivity index (χ1) is 11.5. The van der Waals surface area contributed by atoms with Crippen molar-refractivity contribution in [1.29, 1.82) is 0 Å². The van der Waals surface area contributed by atoms with Crippen LogP contribution in [0.25, 0.3) is 0 Å². The number of carbonyl (C=O) groups excluding carboxylic acids is 2. The van der Waals surface area contributed by atoms with E-state index in [2.05, 4.69) is 24.5 Å². The highest BCUT2D eigenvalue weighted by molar-refractivity contribution is 7.99. The van der Waals surface area contributed by atoms with Crippen LogP contribution in [-0.2, 0) is 4.79 Å². The summed E-state index contributed by atoms with van der Waals surface area (Å²) >= 11 is 1.83. The molecule has 1 aromatic rings. The molecule has 0 saturated carbocycles. The van der Waals surface area contributed by atoms with E-state index < -0.39 is 0 Å². The molecule has 134 valence electrons. The first kappa shape index (κ1) is 22.2. The van der Waals surface area contributed by atoms with Crippen LogP contribution < -0.4 is 10.6 Å². The Morgan fingerprint density at radius 3 is 2.04 bits per heavy atom. The molecule has 1 aliphatic rings. The number of carbonyl (C=O) groups is 2. The second-order valence-corrected chi connectivity index (χ2v) is 6.40. The summed E-state index contributed by atoms with van der Waals surface area (Å²) in [5.74, 6) is 2.09. The summed E-state index contributed by atoms with van der Waals surface area (Å²) in [4.78, 5) is 22.1. The van der Waals surface area contributed by atoms with Crippen LogP contribution >= 0.6 is 11.8 Å². The van der Waals surface area contributed by atoms with E-state index in [0.717, 1.165) is 23.5 Å². The number of rotatable bonds is 2. The normalized spacial score (nSPS) is 12.9. The molecular formula is C19H30N2O2S. The monoisotopic (exact) mass is 350 g/mol. The van der Waals surface area contributed by atoms with E-state index >= 15 is 0 Å². The average Bonchev–Trinajstić information content (AvgIpc) is 2.63. The maximum absolute atomic E-state index is 11.2. The molecule has 0 unspecified atom stereocenters. The zero-order valence-corrected chi connectivity index (χ0v) is 16.3. The lowest BCUT2D eigenvalue weighted by atomic mass is 10.1. The molecule has 2 amide bonds. The van der Waals surface area contributed by atoms with Crippen LogP contribution in [0.15, 0.2) is 41.5 Å². The Balaban J connectivity index is 0.000000381. The molecule has 0 spiro atoms. The summed E-state index contributed by atoms with van der Waals surface area (Å²) in [6, 6.07) is 9.11. The zero-order valence-electron chi connectivity index (χ0n) is 15.4. The summed E-state index contributed by atoms with van der Waals surface area (Å²) in [5, 5.41) is 5.20. The van der Waals surface area contributed by atoms with Crippen LogP contribution in [0.5, 0.6) is 0 Å². The van der Waals surface area contributed by atoms with Crippen molar-refractivity contribution in [1.82, 2.24) is 10.6 Å². The Hall–Kier alpha value is -1.75. The van der Waals surface area contributed by atoms with Gasteiger partial charge < -0.3 is 10.6 Å². The van der Waals surface area contributed by atoms with Gasteiger partial charge in [0.25, 0.3) is 5.91 Å². The molecule has 1 aliphatic heterocycles. The number of amides is 2. The van der Waals surface area contributed by atoms with E-state index in [4.69, 9.17) is 0 Å². The van der Waals surface area contributed by atoms with Crippen LogP contribution in [0.2, 0.25) is 0 Å². The Labute approximate surface area is 150 Å². The van der Waals surface area contributed by atoms with Crippen LogP contribution in [0.3, 0.4) is 0 Å². The summed E-state index contributed by atoms with van der Waals surface area (Å²) < 4.78 is 0. The largest absolute Gasteiger partial charge is 0.355 e. The SMILES string of the molecule is CCC.CNC(=O)C1=C(C)CCSC1.CNC(=O)c1ccccc1. The maximum Gasteiger partial charge on any atom is 0.251 e. The van der Waals surface area contributed by atoms with Crippen molar-refractivity contribution >= 4 is 23.6 Å². The first-order valence-electron chi connectivity index (χ1n) is 8.27. The molecule has 24 heavy (non-hydrogen) atoms. The molecule has 1 aromatic carbocycles. The van der Waals surface area contributed by atoms with Gasteiger partial charge in [0, 0.05) is 31.0 Å². The molecule has 2 N–H and O–H groups in total. The molecule has 0 atom stereocenters. The minimum absolute atomic E-state index is 0.0411. The van der Waals surface area contributed by atoms with Gasteiger partial charge in [-0.2, -0.15) is 11.8 Å². The van der Waals surface area contributed by atoms with Gasteiger partial charge in [-0.05, 0) is 31.2 Å². The lowest BCUT2D eigenvalue weighted by Gasteiger charge is -2.15. The molecule has 0 aromatic heterocycles. The molecule has 0 bridgehead atoms. The predicted octanol–water partition coefficient (Wildman–Crippen LogP) is 3.65. The van der Waals surface area contributed by atoms with Gasteiger partial charge >= 0.3 is 0 Å². The minimum atomic E-state index is -0.0411. The quantitative estimate of drug-likeness (QED) is 0.856. The number of allylic oxidation sites excluding steroid dienone is 1. The van der Waals surface area contributed by atoms with Gasteiger partial charge in [-0.3, -0.25) is 9.59 Å². The number of hydrogen-bond donors (Lipinski definition) is 2. The summed E-state index contributed by atoms with van der Waals surface area (Å²) in [6.07, 6.45) is 2.31. The number of likely N-dealkylation sites (N-methyl/N-ethyl adjacent to an activating group) is 1. The van der Waals surface area contributed by atoms with E-state index in [0.29, 0.717) is 5.56 Å². The second kappa shape index (κ2) is 13.7. The fourth-order valence-electron chi connectivity index (χ4n) is 1.82. The van der Waals surface area contributed by atoms with Gasteiger partial charge in [-0.25, -0.2) is 0 Å². The Bertz CT molecular complexity index is 527. The van der Waals surface area contributed by atoms with Crippen molar-refractivity contribution in [2.24, 2.45) is 0 Å². The van der Waals surface area contributed by atoms with Gasteiger partial charge in [0.1, 0.15) is 0 Å². The number of hydrogen-bond acceptors (Lipinski definition) is 3. The second-order valence-electron chi connectivity index (χ2n) is 5.29. The smallest absolute Gasteiger partial charge is 0.251 e. The molecule has 0 saturated heterocycles. The Kier molecular flexibility index (Phi) is 12.7. The number of nitrogens with one attached hydrogen (secondary N) is 2. The van der Waals surface area contributed by atoms with Gasteiger partial charge in [0.15, 0.2) is 0 Å². The molecule has 4 nitrogen and oxygen atoms in total. The van der Waals surface area contributed by atoms with Crippen molar-refractivity contribution in [3.8, 4) is 0 Å². The summed E-state index contributed by atoms with van der Waals surface area (Å²) in [5.41, 5.74) is 2.93. The maximum atomic E-state index is 11.2. The third kappa shape index (κ3) is 8.77. The van der Waals surface area contributed by atoms with Crippen molar-refractivity contribution < 1.29 is 9.59 Å². The first-order valence-corrected chi connectivity index (χ1v) is 9.42. The number of benzene rings is 1. The standard InChI is InChI=1S/C8H13NOS.C8H9NO.C3H8/c1-6-3-4-11-5-7(6)8(10)9-2;1-9-8(10)7-5-3-2-4-6-7;1-3-2/h3-5H2,1-2H3,(H,9,10);2-6H,1H3,(H,9,10);3H2,1-2H3. The highest BCUT2D eigenvalue weighted by atomic mass is 32.2. The minimum Gasteiger partial charge on any atom is -0.355 e. The van der Waals surface area contributed by atoms with E-state index in [1.54, 1.807) is 26.2 Å². The molecule has 0 aliphatic carbocycles. The number of thioether (sulfide) groups is 1. The third-order valence-corrected chi connectivity index (χ3v) is 4.13. The fourth-order valence-corrected chi connectivity index (χ4v) is 2.99. The van der Waals surface area contributed by atoms with Crippen molar-refractivity contribution in [2.75, 3.05) is 25.6 Å². The lowest BCUT2D eigenvalue weighted by Crippen LogP contribution is -2.24. The third-order valence-electron chi connectivity index (χ3n) is 3.15. The van der Waals surface area contributed by atoms with Crippen molar-refractivity contribution in [2.45, 2.75) is 33.6 Å². The molecule has 0 radical (unpaired) electrons. The van der Waals surface area contributed by atoms with E-state index in [1.807, 2.05) is 36.9 Å². The Morgan fingerprint density at radius 2 is 1.58 bits per heavy atom. The van der Waals surface area contributed by atoms with Crippen molar-refractivity contribution in [3.63, 3.8) is 0 Å². The van der Waals surface area contributed by atoms with Gasteiger partial charge in [0.2, 0.25) is 5.91 Å². The molecule has 0 fully saturated rings. The molecule has 2 rings (SSSR count). The highest BCUT2D eigenvalue weighted by Gasteiger charge is 2.14. The highest BCUT2D eigenvalue weighted by Crippen LogP contribution is 2.22. The summed E-state index contributed by atoms with van der Waals surface area (Å²) in [7, 11) is 3.30. The van der Waals surface area contributed by atoms with Crippen LogP contribution in [0.1, 0.15) is 44.0 Å². The topological polar surface area (TPSA) is 58.2 Å². The van der Waals surface area contributed by atoms with E-state index in [9.17, 15) is 9.59 Å². The fraction of sp³-hybridized carbons (Fsp3) is 0.474. The molecule has 1 heterocycles. The van der Waals surface area contributed by atoms with Crippen LogP contribution in [-0.4, -0.2) is 37.4 Å². The predicted molar refractivity (Wildman–Crippen MR) is 105 cm³/mol. The molecular weight excluding hydrogens is 320 g/mol. The zero-order chi connectivity index (χ0) is 18.4. The summed E-state index contributed by atoms with van der Waals surface area (Å²) in [6.45, 7) is 6.30. The van der Waals surface area contributed by atoms with Crippen molar-refractivity contribution in [3.05, 3.63) is 47.0 Å². The average molecular weight is 351 g/mol. The van der Waals surface area contributed by atoms with E-state index in [-0.39, 0.29) is 11.8 Å². The van der Waals surface area contributed by atoms with E-state index in [1.165, 1.54) is 12.0 Å². The van der Waals surface area contributed by atoms with Crippen LogP contribution in [0.4, 0.5) is 0 Å².